The average molecular weight is 286 g/mol. The van der Waals surface area contributed by atoms with E-state index in [1.54, 1.807) is 7.11 Å². The molecule has 1 rings (SSSR count). The van der Waals surface area contributed by atoms with Crippen LogP contribution in [0.4, 0.5) is 0 Å². The van der Waals surface area contributed by atoms with Gasteiger partial charge in [0.05, 0.1) is 7.11 Å². The smallest absolute Gasteiger partial charge is 0.123 e. The zero-order valence-electron chi connectivity index (χ0n) is 10.4. The molecule has 0 fully saturated rings. The molecule has 0 amide bonds. The van der Waals surface area contributed by atoms with Crippen molar-refractivity contribution in [2.45, 2.75) is 32.2 Å². The van der Waals surface area contributed by atoms with E-state index in [4.69, 9.17) is 4.74 Å². The van der Waals surface area contributed by atoms with Crippen molar-refractivity contribution in [2.24, 2.45) is 0 Å². The normalized spacial score (nSPS) is 14.6. The number of hydrogen-bond donors (Lipinski definition) is 1. The first-order valence-electron chi connectivity index (χ1n) is 5.60. The minimum Gasteiger partial charge on any atom is -0.496 e. The Bertz CT molecular complexity index is 354. The third-order valence-corrected chi connectivity index (χ3v) is 3.55. The van der Waals surface area contributed by atoms with Crippen LogP contribution in [0.15, 0.2) is 22.7 Å². The standard InChI is InChI=1S/C13H20BrNO/c1-5-8-13(2,15-3)11-9-10(14)6-7-12(11)16-4/h6-7,9,15H,5,8H2,1-4H3. The number of hydrogen-bond acceptors (Lipinski definition) is 2. The van der Waals surface area contributed by atoms with Gasteiger partial charge in [0.1, 0.15) is 5.75 Å². The molecule has 0 aliphatic carbocycles. The van der Waals surface area contributed by atoms with Crippen molar-refractivity contribution in [3.05, 3.63) is 28.2 Å². The largest absolute Gasteiger partial charge is 0.496 e. The molecule has 3 heteroatoms. The molecule has 1 atom stereocenters. The Kier molecular flexibility index (Phi) is 4.81. The van der Waals surface area contributed by atoms with Gasteiger partial charge in [-0.2, -0.15) is 0 Å². The molecule has 0 aromatic heterocycles. The lowest BCUT2D eigenvalue weighted by molar-refractivity contribution is 0.336. The van der Waals surface area contributed by atoms with Crippen LogP contribution in [0.1, 0.15) is 32.3 Å². The summed E-state index contributed by atoms with van der Waals surface area (Å²) in [7, 11) is 3.71. The predicted octanol–water partition coefficient (Wildman–Crippen LogP) is 3.69. The van der Waals surface area contributed by atoms with Crippen LogP contribution in [0.2, 0.25) is 0 Å². The second-order valence-electron chi connectivity index (χ2n) is 4.18. The zero-order chi connectivity index (χ0) is 12.2. The van der Waals surface area contributed by atoms with Crippen molar-refractivity contribution in [1.82, 2.24) is 5.32 Å². The first-order chi connectivity index (χ1) is 7.57. The Balaban J connectivity index is 3.21. The van der Waals surface area contributed by atoms with E-state index in [0.717, 1.165) is 23.1 Å². The first kappa shape index (κ1) is 13.5. The summed E-state index contributed by atoms with van der Waals surface area (Å²) in [6, 6.07) is 6.14. The van der Waals surface area contributed by atoms with Gasteiger partial charge in [0.25, 0.3) is 0 Å². The van der Waals surface area contributed by atoms with E-state index in [1.165, 1.54) is 5.56 Å². The van der Waals surface area contributed by atoms with E-state index in [-0.39, 0.29) is 5.54 Å². The van der Waals surface area contributed by atoms with Crippen LogP contribution in [-0.2, 0) is 5.54 Å². The number of halogens is 1. The molecular formula is C13H20BrNO. The van der Waals surface area contributed by atoms with Crippen molar-refractivity contribution in [1.29, 1.82) is 0 Å². The molecule has 0 bridgehead atoms. The molecule has 1 N–H and O–H groups in total. The molecule has 2 nitrogen and oxygen atoms in total. The predicted molar refractivity (Wildman–Crippen MR) is 72.0 cm³/mol. The van der Waals surface area contributed by atoms with Gasteiger partial charge in [0.15, 0.2) is 0 Å². The molecule has 1 unspecified atom stereocenters. The van der Waals surface area contributed by atoms with E-state index in [2.05, 4.69) is 41.2 Å². The van der Waals surface area contributed by atoms with Crippen molar-refractivity contribution >= 4 is 15.9 Å². The fourth-order valence-electron chi connectivity index (χ4n) is 2.01. The third kappa shape index (κ3) is 2.77. The number of benzene rings is 1. The van der Waals surface area contributed by atoms with Gasteiger partial charge in [-0.3, -0.25) is 0 Å². The maximum atomic E-state index is 5.43. The quantitative estimate of drug-likeness (QED) is 0.891. The maximum absolute atomic E-state index is 5.43. The molecule has 1 aromatic rings. The molecule has 0 saturated heterocycles. The number of ether oxygens (including phenoxy) is 1. The lowest BCUT2D eigenvalue weighted by Crippen LogP contribution is -2.37. The van der Waals surface area contributed by atoms with Crippen molar-refractivity contribution in [3.63, 3.8) is 0 Å². The molecule has 16 heavy (non-hydrogen) atoms. The van der Waals surface area contributed by atoms with Gasteiger partial charge in [-0.15, -0.1) is 0 Å². The van der Waals surface area contributed by atoms with Crippen LogP contribution in [-0.4, -0.2) is 14.2 Å². The van der Waals surface area contributed by atoms with Gasteiger partial charge >= 0.3 is 0 Å². The Hall–Kier alpha value is -0.540. The molecule has 0 spiro atoms. The minimum absolute atomic E-state index is 0.0378. The summed E-state index contributed by atoms with van der Waals surface area (Å²) in [6.45, 7) is 4.40. The van der Waals surface area contributed by atoms with E-state index < -0.39 is 0 Å². The number of methoxy groups -OCH3 is 1. The summed E-state index contributed by atoms with van der Waals surface area (Å²) in [5, 5.41) is 3.40. The molecule has 0 aliphatic heterocycles. The number of nitrogens with one attached hydrogen (secondary N) is 1. The van der Waals surface area contributed by atoms with Gasteiger partial charge in [-0.1, -0.05) is 29.3 Å². The molecular weight excluding hydrogens is 266 g/mol. The topological polar surface area (TPSA) is 21.3 Å². The SMILES string of the molecule is CCCC(C)(NC)c1cc(Br)ccc1OC. The van der Waals surface area contributed by atoms with Gasteiger partial charge in [0.2, 0.25) is 0 Å². The Morgan fingerprint density at radius 1 is 1.44 bits per heavy atom. The highest BCUT2D eigenvalue weighted by Gasteiger charge is 2.27. The fraction of sp³-hybridized carbons (Fsp3) is 0.538. The van der Waals surface area contributed by atoms with Crippen LogP contribution in [0.5, 0.6) is 5.75 Å². The summed E-state index contributed by atoms with van der Waals surface area (Å²) in [4.78, 5) is 0. The second kappa shape index (κ2) is 5.69. The monoisotopic (exact) mass is 285 g/mol. The lowest BCUT2D eigenvalue weighted by Gasteiger charge is -2.31. The van der Waals surface area contributed by atoms with Crippen LogP contribution in [0.3, 0.4) is 0 Å². The minimum atomic E-state index is -0.0378. The average Bonchev–Trinajstić information content (AvgIpc) is 2.29. The summed E-state index contributed by atoms with van der Waals surface area (Å²) < 4.78 is 6.52. The van der Waals surface area contributed by atoms with Crippen molar-refractivity contribution in [2.75, 3.05) is 14.2 Å². The molecule has 90 valence electrons. The Labute approximate surface area is 107 Å². The molecule has 0 saturated carbocycles. The molecule has 0 aliphatic rings. The van der Waals surface area contributed by atoms with Crippen LogP contribution in [0.25, 0.3) is 0 Å². The van der Waals surface area contributed by atoms with E-state index in [1.807, 2.05) is 19.2 Å². The summed E-state index contributed by atoms with van der Waals surface area (Å²) in [6.07, 6.45) is 2.21. The highest BCUT2D eigenvalue weighted by atomic mass is 79.9. The molecule has 1 aromatic carbocycles. The Morgan fingerprint density at radius 2 is 2.12 bits per heavy atom. The Morgan fingerprint density at radius 3 is 2.62 bits per heavy atom. The van der Waals surface area contributed by atoms with Gasteiger partial charge < -0.3 is 10.1 Å². The van der Waals surface area contributed by atoms with Gasteiger partial charge in [-0.05, 0) is 38.6 Å². The van der Waals surface area contributed by atoms with Crippen LogP contribution >= 0.6 is 15.9 Å². The van der Waals surface area contributed by atoms with Crippen LogP contribution in [0, 0.1) is 0 Å². The van der Waals surface area contributed by atoms with Crippen LogP contribution < -0.4 is 10.1 Å². The molecule has 0 heterocycles. The lowest BCUT2D eigenvalue weighted by atomic mass is 9.87. The fourth-order valence-corrected chi connectivity index (χ4v) is 2.37. The summed E-state index contributed by atoms with van der Waals surface area (Å²) in [5.74, 6) is 0.938. The summed E-state index contributed by atoms with van der Waals surface area (Å²) in [5.41, 5.74) is 1.16. The van der Waals surface area contributed by atoms with E-state index >= 15 is 0 Å². The second-order valence-corrected chi connectivity index (χ2v) is 5.09. The molecule has 0 radical (unpaired) electrons. The van der Waals surface area contributed by atoms with E-state index in [0.29, 0.717) is 0 Å². The maximum Gasteiger partial charge on any atom is 0.123 e. The first-order valence-corrected chi connectivity index (χ1v) is 6.39. The van der Waals surface area contributed by atoms with Crippen molar-refractivity contribution < 1.29 is 4.74 Å². The third-order valence-electron chi connectivity index (χ3n) is 3.06. The highest BCUT2D eigenvalue weighted by Crippen LogP contribution is 2.35. The van der Waals surface area contributed by atoms with Gasteiger partial charge in [-0.25, -0.2) is 0 Å². The van der Waals surface area contributed by atoms with Crippen molar-refractivity contribution in [3.8, 4) is 5.75 Å². The van der Waals surface area contributed by atoms with Gasteiger partial charge in [0, 0.05) is 15.6 Å². The summed E-state index contributed by atoms with van der Waals surface area (Å²) >= 11 is 3.51. The van der Waals surface area contributed by atoms with E-state index in [9.17, 15) is 0 Å². The number of rotatable bonds is 5. The highest BCUT2D eigenvalue weighted by molar-refractivity contribution is 9.10. The zero-order valence-corrected chi connectivity index (χ0v) is 12.0.